The third kappa shape index (κ3) is 0.337. The fourth-order valence-corrected chi connectivity index (χ4v) is 6.96. The quantitative estimate of drug-likeness (QED) is 0.511. The molecule has 4 rings (SSSR count). The summed E-state index contributed by atoms with van der Waals surface area (Å²) in [5.41, 5.74) is 2.84. The van der Waals surface area contributed by atoms with E-state index in [1.54, 1.807) is 44.9 Å². The molecule has 0 aromatic heterocycles. The molecule has 0 heteroatoms. The minimum atomic E-state index is 0.939. The summed E-state index contributed by atoms with van der Waals surface area (Å²) >= 11 is 0. The first-order chi connectivity index (χ1) is 5.74. The van der Waals surface area contributed by atoms with Gasteiger partial charge in [0.2, 0.25) is 0 Å². The van der Waals surface area contributed by atoms with E-state index in [0.29, 0.717) is 0 Å². The molecule has 4 aliphatic rings. The van der Waals surface area contributed by atoms with Crippen LogP contribution in [0.1, 0.15) is 44.9 Å². The third-order valence-corrected chi connectivity index (χ3v) is 6.33. The van der Waals surface area contributed by atoms with Crippen LogP contribution in [0.5, 0.6) is 0 Å². The van der Waals surface area contributed by atoms with Crippen LogP contribution in [0.3, 0.4) is 0 Å². The van der Waals surface area contributed by atoms with Crippen molar-refractivity contribution in [3.05, 3.63) is 0 Å². The SMILES string of the molecule is C1C2CC34CC15CC(CC23)(C5)C4. The van der Waals surface area contributed by atoms with E-state index in [1.807, 2.05) is 0 Å². The van der Waals surface area contributed by atoms with Crippen LogP contribution in [0, 0.1) is 28.1 Å². The highest BCUT2D eigenvalue weighted by molar-refractivity contribution is 5.29. The van der Waals surface area contributed by atoms with Gasteiger partial charge in [-0.3, -0.25) is 0 Å². The fraction of sp³-hybridized carbons (Fsp3) is 1.00. The van der Waals surface area contributed by atoms with Gasteiger partial charge >= 0.3 is 0 Å². The molecule has 64 valence electrons. The molecule has 0 aliphatic heterocycles. The zero-order valence-electron chi connectivity index (χ0n) is 7.60. The van der Waals surface area contributed by atoms with Gasteiger partial charge in [-0.15, -0.1) is 0 Å². The highest BCUT2D eigenvalue weighted by Crippen LogP contribution is 2.88. The van der Waals surface area contributed by atoms with Gasteiger partial charge in [-0.25, -0.2) is 0 Å². The van der Waals surface area contributed by atoms with Crippen molar-refractivity contribution in [3.63, 3.8) is 0 Å². The lowest BCUT2D eigenvalue weighted by atomic mass is 9.34. The topological polar surface area (TPSA) is 0 Å². The molecule has 2 bridgehead atoms. The van der Waals surface area contributed by atoms with Crippen molar-refractivity contribution in [1.29, 1.82) is 0 Å². The van der Waals surface area contributed by atoms with Crippen LogP contribution in [0.4, 0.5) is 0 Å². The average Bonchev–Trinajstić information content (AvgIpc) is 2.07. The predicted molar refractivity (Wildman–Crippen MR) is 46.6 cm³/mol. The summed E-state index contributed by atoms with van der Waals surface area (Å²) in [4.78, 5) is 0. The maximum absolute atomic E-state index is 1.67. The molecule has 3 spiro atoms. The second-order valence-electron chi connectivity index (χ2n) is 7.05. The molecule has 0 nitrogen and oxygen atoms in total. The molecule has 0 aromatic rings. The second kappa shape index (κ2) is 1.14. The maximum Gasteiger partial charge on any atom is -0.0253 e. The molecule has 3 atom stereocenters. The normalized spacial score (nSPS) is 80.0. The van der Waals surface area contributed by atoms with Crippen LogP contribution in [-0.4, -0.2) is 0 Å². The summed E-state index contributed by atoms with van der Waals surface area (Å²) in [7, 11) is 0. The summed E-state index contributed by atoms with van der Waals surface area (Å²) in [5, 5.41) is 0. The van der Waals surface area contributed by atoms with Crippen molar-refractivity contribution in [2.24, 2.45) is 28.1 Å². The van der Waals surface area contributed by atoms with Gasteiger partial charge in [-0.05, 0) is 73.0 Å². The maximum atomic E-state index is 1.67. The van der Waals surface area contributed by atoms with E-state index in [4.69, 9.17) is 0 Å². The van der Waals surface area contributed by atoms with E-state index in [-0.39, 0.29) is 0 Å². The van der Waals surface area contributed by atoms with Crippen molar-refractivity contribution < 1.29 is 0 Å². The zero-order chi connectivity index (χ0) is 7.60. The van der Waals surface area contributed by atoms with E-state index >= 15 is 0 Å². The molecule has 0 saturated heterocycles. The molecule has 0 N–H and O–H groups in total. The fourth-order valence-electron chi connectivity index (χ4n) is 6.96. The Morgan fingerprint density at radius 2 is 1.50 bits per heavy atom. The standard InChI is InChI=1S/C12H16/c1-8-2-12-6-10(1)4-11(5-10,7-12)3-9(8)12/h8-9H,1-7H2. The van der Waals surface area contributed by atoms with Gasteiger partial charge in [0.15, 0.2) is 0 Å². The average molecular weight is 160 g/mol. The van der Waals surface area contributed by atoms with Gasteiger partial charge in [0, 0.05) is 0 Å². The molecule has 4 saturated carbocycles. The van der Waals surface area contributed by atoms with Crippen molar-refractivity contribution >= 4 is 0 Å². The van der Waals surface area contributed by atoms with Crippen LogP contribution < -0.4 is 0 Å². The number of hydrogen-bond acceptors (Lipinski definition) is 0. The molecule has 0 radical (unpaired) electrons. The lowest BCUT2D eigenvalue weighted by molar-refractivity contribution is -0.212. The van der Waals surface area contributed by atoms with Gasteiger partial charge < -0.3 is 0 Å². The van der Waals surface area contributed by atoms with Crippen LogP contribution in [0.2, 0.25) is 0 Å². The molecule has 3 unspecified atom stereocenters. The molecule has 4 aliphatic carbocycles. The van der Waals surface area contributed by atoms with E-state index in [2.05, 4.69) is 0 Å². The number of fused-ring (bicyclic) bond motifs is 2. The van der Waals surface area contributed by atoms with Gasteiger partial charge in [0.25, 0.3) is 0 Å². The van der Waals surface area contributed by atoms with Crippen LogP contribution >= 0.6 is 0 Å². The van der Waals surface area contributed by atoms with Crippen LogP contribution in [0.25, 0.3) is 0 Å². The molecular formula is C12H16. The summed E-state index contributed by atoms with van der Waals surface area (Å²) in [6.45, 7) is 0. The first-order valence-electron chi connectivity index (χ1n) is 5.74. The Labute approximate surface area is 73.7 Å². The molecule has 12 heavy (non-hydrogen) atoms. The lowest BCUT2D eigenvalue weighted by Gasteiger charge is -2.71. The highest BCUT2D eigenvalue weighted by Gasteiger charge is 2.79. The van der Waals surface area contributed by atoms with Gasteiger partial charge in [-0.1, -0.05) is 0 Å². The van der Waals surface area contributed by atoms with Gasteiger partial charge in [0.1, 0.15) is 0 Å². The number of rotatable bonds is 0. The Hall–Kier alpha value is 0. The van der Waals surface area contributed by atoms with Crippen molar-refractivity contribution in [2.75, 3.05) is 0 Å². The lowest BCUT2D eigenvalue weighted by Crippen LogP contribution is -2.61. The first-order valence-corrected chi connectivity index (χ1v) is 5.74. The van der Waals surface area contributed by atoms with Crippen LogP contribution in [-0.2, 0) is 0 Å². The summed E-state index contributed by atoms with van der Waals surface area (Å²) in [6.07, 6.45) is 11.6. The van der Waals surface area contributed by atoms with Gasteiger partial charge in [-0.2, -0.15) is 0 Å². The highest BCUT2D eigenvalue weighted by atomic mass is 14.8. The molecule has 4 fully saturated rings. The smallest absolute Gasteiger partial charge is 0.0253 e. The van der Waals surface area contributed by atoms with Crippen LogP contribution in [0.15, 0.2) is 0 Å². The summed E-state index contributed by atoms with van der Waals surface area (Å²) in [5.74, 6) is 2.45. The Bertz CT molecular complexity index is 288. The summed E-state index contributed by atoms with van der Waals surface area (Å²) < 4.78 is 0. The van der Waals surface area contributed by atoms with E-state index in [1.165, 1.54) is 11.8 Å². The molecular weight excluding hydrogens is 144 g/mol. The molecule has 0 amide bonds. The van der Waals surface area contributed by atoms with Crippen molar-refractivity contribution in [1.82, 2.24) is 0 Å². The van der Waals surface area contributed by atoms with Crippen molar-refractivity contribution in [3.8, 4) is 0 Å². The van der Waals surface area contributed by atoms with Crippen molar-refractivity contribution in [2.45, 2.75) is 44.9 Å². The Kier molecular flexibility index (Phi) is 0.541. The molecule has 0 heterocycles. The zero-order valence-corrected chi connectivity index (χ0v) is 7.60. The Balaban J connectivity index is 1.84. The van der Waals surface area contributed by atoms with E-state index in [9.17, 15) is 0 Å². The first kappa shape index (κ1) is 5.67. The predicted octanol–water partition coefficient (Wildman–Crippen LogP) is 2.98. The van der Waals surface area contributed by atoms with E-state index in [0.717, 1.165) is 16.2 Å². The minimum Gasteiger partial charge on any atom is -0.0444 e. The third-order valence-electron chi connectivity index (χ3n) is 6.33. The monoisotopic (exact) mass is 160 g/mol. The second-order valence-corrected chi connectivity index (χ2v) is 7.05. The van der Waals surface area contributed by atoms with Gasteiger partial charge in [0.05, 0.1) is 0 Å². The summed E-state index contributed by atoms with van der Waals surface area (Å²) in [6, 6.07) is 0. The van der Waals surface area contributed by atoms with E-state index < -0.39 is 0 Å². The number of hydrogen-bond donors (Lipinski definition) is 0. The largest absolute Gasteiger partial charge is 0.0444 e. The Morgan fingerprint density at radius 1 is 0.750 bits per heavy atom. The Morgan fingerprint density at radius 3 is 2.33 bits per heavy atom. The molecule has 0 aromatic carbocycles. The minimum absolute atomic E-state index is 0.939.